The summed E-state index contributed by atoms with van der Waals surface area (Å²) in [5.41, 5.74) is 1.51. The number of aryl methyl sites for hydroxylation is 2. The van der Waals surface area contributed by atoms with E-state index in [1.165, 1.54) is 16.3 Å². The highest BCUT2D eigenvalue weighted by Crippen LogP contribution is 2.36. The molecule has 33 heavy (non-hydrogen) atoms. The minimum atomic E-state index is -4.52. The van der Waals surface area contributed by atoms with E-state index in [0.717, 1.165) is 25.1 Å². The van der Waals surface area contributed by atoms with Crippen LogP contribution in [0.5, 0.6) is 0 Å². The van der Waals surface area contributed by atoms with Crippen LogP contribution >= 0.6 is 11.8 Å². The third-order valence-electron chi connectivity index (χ3n) is 5.37. The van der Waals surface area contributed by atoms with Crippen LogP contribution in [-0.2, 0) is 13.2 Å². The van der Waals surface area contributed by atoms with Crippen LogP contribution in [-0.4, -0.2) is 46.8 Å². The molecule has 0 atom stereocenters. The average molecular weight is 476 g/mol. The molecule has 1 aliphatic carbocycles. The highest BCUT2D eigenvalue weighted by molar-refractivity contribution is 7.99. The molecule has 5 rings (SSSR count). The van der Waals surface area contributed by atoms with Gasteiger partial charge in [0, 0.05) is 25.0 Å². The molecule has 172 valence electrons. The number of halogens is 3. The fraction of sp³-hybridized carbons (Fsp3) is 0.381. The SMILES string of the molecule is CCSc1nn2c(C(=O)NC3CC3)cc(C)nc2c1-c1nc2cc(C(F)(F)F)cnc2n1C. The van der Waals surface area contributed by atoms with Gasteiger partial charge in [0.1, 0.15) is 22.1 Å². The first-order valence-electron chi connectivity index (χ1n) is 10.4. The molecule has 1 aliphatic rings. The lowest BCUT2D eigenvalue weighted by molar-refractivity contribution is -0.137. The molecule has 0 aliphatic heterocycles. The second-order valence-corrected chi connectivity index (χ2v) is 9.19. The van der Waals surface area contributed by atoms with E-state index in [1.807, 2.05) is 6.92 Å². The number of imidazole rings is 1. The predicted octanol–water partition coefficient (Wildman–Crippen LogP) is 4.01. The Morgan fingerprint density at radius 3 is 2.67 bits per heavy atom. The third kappa shape index (κ3) is 3.81. The van der Waals surface area contributed by atoms with Crippen LogP contribution in [0.15, 0.2) is 23.4 Å². The number of alkyl halides is 3. The van der Waals surface area contributed by atoms with Crippen molar-refractivity contribution in [1.82, 2.24) is 34.4 Å². The molecule has 8 nitrogen and oxygen atoms in total. The summed E-state index contributed by atoms with van der Waals surface area (Å²) in [4.78, 5) is 26.0. The Morgan fingerprint density at radius 2 is 2.00 bits per heavy atom. The second-order valence-electron chi connectivity index (χ2n) is 7.94. The van der Waals surface area contributed by atoms with Gasteiger partial charge in [0.25, 0.3) is 5.91 Å². The Morgan fingerprint density at radius 1 is 1.24 bits per heavy atom. The summed E-state index contributed by atoms with van der Waals surface area (Å²) in [6.45, 7) is 3.74. The van der Waals surface area contributed by atoms with Crippen molar-refractivity contribution in [2.45, 2.75) is 43.9 Å². The molecule has 1 saturated carbocycles. The van der Waals surface area contributed by atoms with Gasteiger partial charge in [0.15, 0.2) is 11.3 Å². The van der Waals surface area contributed by atoms with Gasteiger partial charge in [-0.15, -0.1) is 11.8 Å². The summed E-state index contributed by atoms with van der Waals surface area (Å²) < 4.78 is 42.7. The number of rotatable bonds is 5. The van der Waals surface area contributed by atoms with E-state index in [0.29, 0.717) is 44.8 Å². The summed E-state index contributed by atoms with van der Waals surface area (Å²) in [5.74, 6) is 0.839. The maximum absolute atomic E-state index is 13.2. The lowest BCUT2D eigenvalue weighted by atomic mass is 10.2. The number of carbonyl (C=O) groups excluding carboxylic acids is 1. The van der Waals surface area contributed by atoms with Crippen LogP contribution in [0.2, 0.25) is 0 Å². The smallest absolute Gasteiger partial charge is 0.348 e. The van der Waals surface area contributed by atoms with Crippen molar-refractivity contribution >= 4 is 34.5 Å². The van der Waals surface area contributed by atoms with Gasteiger partial charge in [-0.3, -0.25) is 4.79 Å². The highest BCUT2D eigenvalue weighted by Gasteiger charge is 2.32. The molecule has 0 spiro atoms. The first-order valence-corrected chi connectivity index (χ1v) is 11.4. The average Bonchev–Trinajstić information content (AvgIpc) is 3.41. The summed E-state index contributed by atoms with van der Waals surface area (Å²) in [5, 5.41) is 8.20. The monoisotopic (exact) mass is 475 g/mol. The Kier molecular flexibility index (Phi) is 5.07. The van der Waals surface area contributed by atoms with E-state index < -0.39 is 11.7 Å². The van der Waals surface area contributed by atoms with E-state index >= 15 is 0 Å². The number of hydrogen-bond donors (Lipinski definition) is 1. The van der Waals surface area contributed by atoms with Crippen LogP contribution in [0.25, 0.3) is 28.2 Å². The minimum Gasteiger partial charge on any atom is -0.348 e. The number of carbonyl (C=O) groups is 1. The summed E-state index contributed by atoms with van der Waals surface area (Å²) >= 11 is 1.44. The molecule has 0 saturated heterocycles. The van der Waals surface area contributed by atoms with Crippen molar-refractivity contribution in [3.05, 3.63) is 35.3 Å². The van der Waals surface area contributed by atoms with Crippen LogP contribution in [0, 0.1) is 6.92 Å². The van der Waals surface area contributed by atoms with Crippen molar-refractivity contribution < 1.29 is 18.0 Å². The number of fused-ring (bicyclic) bond motifs is 2. The number of nitrogens with one attached hydrogen (secondary N) is 1. The quantitative estimate of drug-likeness (QED) is 0.439. The number of amides is 1. The van der Waals surface area contributed by atoms with Crippen LogP contribution < -0.4 is 5.32 Å². The zero-order valence-electron chi connectivity index (χ0n) is 18.1. The Bertz CT molecular complexity index is 1400. The van der Waals surface area contributed by atoms with E-state index in [1.54, 1.807) is 24.6 Å². The van der Waals surface area contributed by atoms with Crippen molar-refractivity contribution in [3.63, 3.8) is 0 Å². The molecule has 0 aromatic carbocycles. The lowest BCUT2D eigenvalue weighted by Gasteiger charge is -2.07. The van der Waals surface area contributed by atoms with E-state index in [2.05, 4.69) is 25.4 Å². The van der Waals surface area contributed by atoms with Gasteiger partial charge in [-0.25, -0.2) is 19.5 Å². The fourth-order valence-electron chi connectivity index (χ4n) is 3.66. The molecule has 1 amide bonds. The maximum Gasteiger partial charge on any atom is 0.417 e. The molecule has 4 heterocycles. The van der Waals surface area contributed by atoms with Crippen LogP contribution in [0.4, 0.5) is 13.2 Å². The fourth-order valence-corrected chi connectivity index (χ4v) is 4.40. The number of nitrogens with zero attached hydrogens (tertiary/aromatic N) is 6. The minimum absolute atomic E-state index is 0.119. The molecule has 0 radical (unpaired) electrons. The molecule has 0 bridgehead atoms. The summed E-state index contributed by atoms with van der Waals surface area (Å²) in [6, 6.07) is 2.83. The van der Waals surface area contributed by atoms with Crippen molar-refractivity contribution in [2.75, 3.05) is 5.75 Å². The maximum atomic E-state index is 13.2. The molecule has 1 N–H and O–H groups in total. The van der Waals surface area contributed by atoms with Gasteiger partial charge in [0.05, 0.1) is 11.1 Å². The molecular weight excluding hydrogens is 455 g/mol. The third-order valence-corrected chi connectivity index (χ3v) is 6.22. The van der Waals surface area contributed by atoms with Gasteiger partial charge in [-0.05, 0) is 37.7 Å². The lowest BCUT2D eigenvalue weighted by Crippen LogP contribution is -2.28. The molecule has 4 aromatic rings. The number of aromatic nitrogens is 6. The number of hydrogen-bond acceptors (Lipinski definition) is 6. The second kappa shape index (κ2) is 7.72. The Labute approximate surface area is 190 Å². The van der Waals surface area contributed by atoms with Crippen molar-refractivity contribution in [2.24, 2.45) is 7.05 Å². The standard InChI is InChI=1S/C21H20F3N7OS/c1-4-33-20-15(17-28-13-8-11(21(22,23)24)9-25-16(13)30(17)3)18-26-10(2)7-14(31(18)29-20)19(32)27-12-5-6-12/h7-9,12H,4-6H2,1-3H3,(H,27,32). The number of pyridine rings is 1. The first kappa shape index (κ1) is 21.7. The van der Waals surface area contributed by atoms with E-state index in [9.17, 15) is 18.0 Å². The topological polar surface area (TPSA) is 90.0 Å². The normalized spacial score (nSPS) is 14.4. The zero-order valence-corrected chi connectivity index (χ0v) is 18.9. The molecule has 12 heteroatoms. The van der Waals surface area contributed by atoms with Gasteiger partial charge in [0.2, 0.25) is 0 Å². The zero-order chi connectivity index (χ0) is 23.5. The van der Waals surface area contributed by atoms with E-state index in [-0.39, 0.29) is 17.5 Å². The molecule has 4 aromatic heterocycles. The van der Waals surface area contributed by atoms with Gasteiger partial charge >= 0.3 is 6.18 Å². The van der Waals surface area contributed by atoms with Crippen LogP contribution in [0.1, 0.15) is 41.5 Å². The van der Waals surface area contributed by atoms with Gasteiger partial charge < -0.3 is 9.88 Å². The Balaban J connectivity index is 1.74. The highest BCUT2D eigenvalue weighted by atomic mass is 32.2. The van der Waals surface area contributed by atoms with Gasteiger partial charge in [-0.2, -0.15) is 18.3 Å². The summed E-state index contributed by atoms with van der Waals surface area (Å²) in [7, 11) is 1.69. The van der Waals surface area contributed by atoms with Crippen molar-refractivity contribution in [3.8, 4) is 11.4 Å². The summed E-state index contributed by atoms with van der Waals surface area (Å²) in [6.07, 6.45) is -1.82. The van der Waals surface area contributed by atoms with E-state index in [4.69, 9.17) is 0 Å². The predicted molar refractivity (Wildman–Crippen MR) is 117 cm³/mol. The Hall–Kier alpha value is -3.15. The first-order chi connectivity index (χ1) is 15.7. The van der Waals surface area contributed by atoms with Crippen LogP contribution in [0.3, 0.4) is 0 Å². The largest absolute Gasteiger partial charge is 0.417 e. The van der Waals surface area contributed by atoms with Crippen molar-refractivity contribution in [1.29, 1.82) is 0 Å². The molecule has 0 unspecified atom stereocenters. The molecule has 1 fully saturated rings. The van der Waals surface area contributed by atoms with Gasteiger partial charge in [-0.1, -0.05) is 6.92 Å². The molecular formula is C21H20F3N7OS. The number of thioether (sulfide) groups is 1.